The van der Waals surface area contributed by atoms with Gasteiger partial charge in [0.25, 0.3) is 5.91 Å². The summed E-state index contributed by atoms with van der Waals surface area (Å²) in [6.45, 7) is 4.37. The molecular formula is C22H24ClNO4. The summed E-state index contributed by atoms with van der Waals surface area (Å²) in [5, 5.41) is 11.4. The quantitative estimate of drug-likeness (QED) is 0.672. The number of hydrogen-bond acceptors (Lipinski definition) is 4. The third kappa shape index (κ3) is 3.91. The molecule has 0 fully saturated rings. The molecule has 0 saturated carbocycles. The molecule has 28 heavy (non-hydrogen) atoms. The summed E-state index contributed by atoms with van der Waals surface area (Å²) in [6, 6.07) is 12.5. The predicted molar refractivity (Wildman–Crippen MR) is 109 cm³/mol. The molecule has 0 radical (unpaired) electrons. The van der Waals surface area contributed by atoms with E-state index < -0.39 is 11.5 Å². The molecule has 6 heteroatoms. The molecule has 0 aliphatic carbocycles. The van der Waals surface area contributed by atoms with Crippen LogP contribution in [0, 0.1) is 0 Å². The highest BCUT2D eigenvalue weighted by Gasteiger charge is 2.51. The van der Waals surface area contributed by atoms with E-state index in [0.717, 1.165) is 24.2 Å². The number of nitrogens with zero attached hydrogens (tertiary/aromatic N) is 1. The van der Waals surface area contributed by atoms with Crippen LogP contribution in [0.1, 0.15) is 44.2 Å². The number of hydrogen-bond donors (Lipinski definition) is 1. The molecule has 1 unspecified atom stereocenters. The molecule has 1 aliphatic rings. The zero-order valence-corrected chi connectivity index (χ0v) is 16.8. The van der Waals surface area contributed by atoms with Crippen LogP contribution in [0.4, 0.5) is 5.69 Å². The van der Waals surface area contributed by atoms with Crippen LogP contribution in [-0.2, 0) is 21.7 Å². The molecule has 3 rings (SSSR count). The highest BCUT2D eigenvalue weighted by atomic mass is 35.5. The number of anilines is 1. The highest BCUT2D eigenvalue weighted by molar-refractivity contribution is 6.35. The lowest BCUT2D eigenvalue weighted by Gasteiger charge is -2.22. The van der Waals surface area contributed by atoms with Crippen LogP contribution in [0.3, 0.4) is 0 Å². The zero-order chi connectivity index (χ0) is 20.3. The highest BCUT2D eigenvalue weighted by Crippen LogP contribution is 2.46. The van der Waals surface area contributed by atoms with E-state index in [4.69, 9.17) is 16.3 Å². The smallest absolute Gasteiger partial charge is 0.264 e. The first-order valence-electron chi connectivity index (χ1n) is 9.41. The van der Waals surface area contributed by atoms with E-state index in [1.54, 1.807) is 18.2 Å². The molecule has 148 valence electrons. The van der Waals surface area contributed by atoms with Gasteiger partial charge in [-0.1, -0.05) is 49.2 Å². The third-order valence-electron chi connectivity index (χ3n) is 4.84. The summed E-state index contributed by atoms with van der Waals surface area (Å²) in [5.74, 6) is -0.0252. The molecule has 2 aromatic carbocycles. The van der Waals surface area contributed by atoms with Gasteiger partial charge in [-0.3, -0.25) is 9.59 Å². The van der Waals surface area contributed by atoms with E-state index in [9.17, 15) is 14.7 Å². The molecule has 1 heterocycles. The van der Waals surface area contributed by atoms with E-state index in [1.807, 2.05) is 24.3 Å². The molecule has 2 aromatic rings. The number of Topliss-reactive ketones (excluding diaryl/α,β-unsaturated/α-hetero) is 1. The standard InChI is InChI=1S/C22H24ClNO4/c1-3-4-12-28-17-10-8-16(9-11-17)14-24-20-18(6-5-7-19(20)23)22(27,21(24)26)13-15(2)25/h5-11,27H,3-4,12-14H2,1-2H3. The van der Waals surface area contributed by atoms with Crippen LogP contribution in [0.2, 0.25) is 5.02 Å². The van der Waals surface area contributed by atoms with Gasteiger partial charge in [0.2, 0.25) is 0 Å². The average Bonchev–Trinajstić information content (AvgIpc) is 2.86. The Balaban J connectivity index is 1.86. The Kier molecular flexibility index (Phi) is 6.06. The van der Waals surface area contributed by atoms with Crippen LogP contribution in [0.5, 0.6) is 5.75 Å². The van der Waals surface area contributed by atoms with Gasteiger partial charge < -0.3 is 14.7 Å². The number of ether oxygens (including phenoxy) is 1. The molecule has 0 aromatic heterocycles. The molecule has 0 bridgehead atoms. The molecular weight excluding hydrogens is 378 g/mol. The van der Waals surface area contributed by atoms with E-state index in [0.29, 0.717) is 22.9 Å². The first-order valence-corrected chi connectivity index (χ1v) is 9.79. The maximum Gasteiger partial charge on any atom is 0.264 e. The lowest BCUT2D eigenvalue weighted by atomic mass is 9.90. The minimum Gasteiger partial charge on any atom is -0.494 e. The number of unbranched alkanes of at least 4 members (excludes halogenated alkanes) is 1. The SMILES string of the molecule is CCCCOc1ccc(CN2C(=O)C(O)(CC(C)=O)c3cccc(Cl)c32)cc1. The Morgan fingerprint density at radius 2 is 1.93 bits per heavy atom. The van der Waals surface area contributed by atoms with Crippen LogP contribution in [0.25, 0.3) is 0 Å². The second kappa shape index (κ2) is 8.33. The van der Waals surface area contributed by atoms with Gasteiger partial charge in [-0.2, -0.15) is 0 Å². The van der Waals surface area contributed by atoms with Crippen LogP contribution >= 0.6 is 11.6 Å². The predicted octanol–water partition coefficient (Wildman–Crippen LogP) is 4.23. The molecule has 0 saturated heterocycles. The van der Waals surface area contributed by atoms with Gasteiger partial charge in [-0.15, -0.1) is 0 Å². The third-order valence-corrected chi connectivity index (χ3v) is 5.14. The Morgan fingerprint density at radius 3 is 2.57 bits per heavy atom. The van der Waals surface area contributed by atoms with Crippen molar-refractivity contribution in [3.63, 3.8) is 0 Å². The second-order valence-electron chi connectivity index (χ2n) is 7.11. The number of carbonyl (C=O) groups is 2. The van der Waals surface area contributed by atoms with Crippen molar-refractivity contribution in [3.8, 4) is 5.75 Å². The largest absolute Gasteiger partial charge is 0.494 e. The van der Waals surface area contributed by atoms with Gasteiger partial charge in [0.1, 0.15) is 11.5 Å². The summed E-state index contributed by atoms with van der Waals surface area (Å²) < 4.78 is 5.67. The normalized spacial score (nSPS) is 18.3. The molecule has 1 amide bonds. The second-order valence-corrected chi connectivity index (χ2v) is 7.52. The summed E-state index contributed by atoms with van der Waals surface area (Å²) in [4.78, 5) is 26.2. The summed E-state index contributed by atoms with van der Waals surface area (Å²) in [5.41, 5.74) is -0.176. The minimum absolute atomic E-state index is 0.241. The lowest BCUT2D eigenvalue weighted by molar-refractivity contribution is -0.141. The van der Waals surface area contributed by atoms with Gasteiger partial charge in [-0.05, 0) is 37.1 Å². The first kappa shape index (κ1) is 20.4. The van der Waals surface area contributed by atoms with Crippen molar-refractivity contribution < 1.29 is 19.4 Å². The van der Waals surface area contributed by atoms with Crippen molar-refractivity contribution in [2.45, 2.75) is 45.3 Å². The number of fused-ring (bicyclic) bond motifs is 1. The topological polar surface area (TPSA) is 66.8 Å². The first-order chi connectivity index (χ1) is 13.4. The van der Waals surface area contributed by atoms with Crippen LogP contribution < -0.4 is 9.64 Å². The Labute approximate surface area is 169 Å². The van der Waals surface area contributed by atoms with Crippen LogP contribution in [0.15, 0.2) is 42.5 Å². The Morgan fingerprint density at radius 1 is 1.21 bits per heavy atom. The fraction of sp³-hybridized carbons (Fsp3) is 0.364. The van der Waals surface area contributed by atoms with Gasteiger partial charge in [0.05, 0.1) is 23.9 Å². The fourth-order valence-corrected chi connectivity index (χ4v) is 3.73. The number of halogens is 1. The molecule has 1 N–H and O–H groups in total. The van der Waals surface area contributed by atoms with Crippen molar-refractivity contribution >= 4 is 29.0 Å². The van der Waals surface area contributed by atoms with Crippen molar-refractivity contribution in [1.29, 1.82) is 0 Å². The van der Waals surface area contributed by atoms with Crippen LogP contribution in [-0.4, -0.2) is 23.4 Å². The van der Waals surface area contributed by atoms with Gasteiger partial charge in [0.15, 0.2) is 5.60 Å². The summed E-state index contributed by atoms with van der Waals surface area (Å²) in [6.07, 6.45) is 1.78. The van der Waals surface area contributed by atoms with Crippen molar-refractivity contribution in [2.75, 3.05) is 11.5 Å². The maximum atomic E-state index is 13.1. The molecule has 5 nitrogen and oxygen atoms in total. The number of ketones is 1. The fourth-order valence-electron chi connectivity index (χ4n) is 3.45. The number of rotatable bonds is 8. The van der Waals surface area contributed by atoms with E-state index in [1.165, 1.54) is 11.8 Å². The number of carbonyl (C=O) groups excluding carboxylic acids is 2. The zero-order valence-electron chi connectivity index (χ0n) is 16.1. The van der Waals surface area contributed by atoms with Gasteiger partial charge in [-0.25, -0.2) is 0 Å². The summed E-state index contributed by atoms with van der Waals surface area (Å²) >= 11 is 6.35. The van der Waals surface area contributed by atoms with Crippen molar-refractivity contribution in [3.05, 3.63) is 58.6 Å². The Hall–Kier alpha value is -2.37. The lowest BCUT2D eigenvalue weighted by Crippen LogP contribution is -2.41. The monoisotopic (exact) mass is 401 g/mol. The molecule has 1 atom stereocenters. The van der Waals surface area contributed by atoms with Crippen molar-refractivity contribution in [1.82, 2.24) is 0 Å². The van der Waals surface area contributed by atoms with E-state index in [-0.39, 0.29) is 18.7 Å². The van der Waals surface area contributed by atoms with E-state index >= 15 is 0 Å². The molecule has 0 spiro atoms. The average molecular weight is 402 g/mol. The van der Waals surface area contributed by atoms with Crippen molar-refractivity contribution in [2.24, 2.45) is 0 Å². The number of aliphatic hydroxyl groups is 1. The number of amides is 1. The number of para-hydroxylation sites is 1. The van der Waals surface area contributed by atoms with Gasteiger partial charge >= 0.3 is 0 Å². The van der Waals surface area contributed by atoms with Gasteiger partial charge in [0, 0.05) is 12.0 Å². The molecule has 1 aliphatic heterocycles. The summed E-state index contributed by atoms with van der Waals surface area (Å²) in [7, 11) is 0. The number of benzene rings is 2. The van der Waals surface area contributed by atoms with E-state index in [2.05, 4.69) is 6.92 Å². The maximum absolute atomic E-state index is 13.1. The minimum atomic E-state index is -1.88. The Bertz CT molecular complexity index is 881.